The number of nitrogens with one attached hydrogen (secondary N) is 1. The summed E-state index contributed by atoms with van der Waals surface area (Å²) >= 11 is 7.94. The Balaban J connectivity index is 2.05. The smallest absolute Gasteiger partial charge is 0.236 e. The lowest BCUT2D eigenvalue weighted by Gasteiger charge is -2.04. The lowest BCUT2D eigenvalue weighted by molar-refractivity contribution is -0.123. The minimum atomic E-state index is -0.571. The largest absolute Gasteiger partial charge is 0.368 e. The number of thioether (sulfide) groups is 1. The Morgan fingerprint density at radius 1 is 1.45 bits per heavy atom. The first-order chi connectivity index (χ1) is 10.5. The third kappa shape index (κ3) is 4.39. The number of primary amides is 1. The summed E-state index contributed by atoms with van der Waals surface area (Å²) in [6.07, 6.45) is 0. The maximum Gasteiger partial charge on any atom is 0.236 e. The summed E-state index contributed by atoms with van der Waals surface area (Å²) in [7, 11) is 0. The van der Waals surface area contributed by atoms with Gasteiger partial charge in [-0.25, -0.2) is 4.68 Å². The minimum Gasteiger partial charge on any atom is -0.368 e. The number of hydrogen-bond acceptors (Lipinski definition) is 6. The zero-order valence-corrected chi connectivity index (χ0v) is 14.2. The Morgan fingerprint density at radius 2 is 2.18 bits per heavy atom. The fourth-order valence-corrected chi connectivity index (χ4v) is 3.81. The van der Waals surface area contributed by atoms with Crippen LogP contribution in [0.2, 0.25) is 0 Å². The highest BCUT2D eigenvalue weighted by Crippen LogP contribution is 2.24. The van der Waals surface area contributed by atoms with Crippen LogP contribution in [0.25, 0.3) is 5.69 Å². The van der Waals surface area contributed by atoms with Crippen LogP contribution < -0.4 is 11.1 Å². The number of aryl methyl sites for hydroxylation is 1. The molecular formula is C13H14N4O2S3. The summed E-state index contributed by atoms with van der Waals surface area (Å²) in [5.74, 6) is -0.686. The summed E-state index contributed by atoms with van der Waals surface area (Å²) in [6.45, 7) is 1.83. The van der Waals surface area contributed by atoms with Gasteiger partial charge in [-0.15, -0.1) is 5.10 Å². The molecule has 1 aromatic heterocycles. The monoisotopic (exact) mass is 354 g/mol. The highest BCUT2D eigenvalue weighted by atomic mass is 32.2. The Morgan fingerprint density at radius 3 is 2.86 bits per heavy atom. The predicted octanol–water partition coefficient (Wildman–Crippen LogP) is 1.67. The van der Waals surface area contributed by atoms with Gasteiger partial charge in [-0.2, -0.15) is 0 Å². The molecule has 0 unspecified atom stereocenters. The zero-order valence-electron chi connectivity index (χ0n) is 11.7. The van der Waals surface area contributed by atoms with Crippen molar-refractivity contribution in [2.24, 2.45) is 5.73 Å². The average Bonchev–Trinajstić information content (AvgIpc) is 2.84. The Hall–Kier alpha value is -1.71. The molecule has 9 heteroatoms. The summed E-state index contributed by atoms with van der Waals surface area (Å²) in [5, 5.41) is 6.85. The normalized spacial score (nSPS) is 10.4. The molecule has 0 saturated heterocycles. The molecule has 0 aliphatic heterocycles. The summed E-state index contributed by atoms with van der Waals surface area (Å²) in [5.41, 5.74) is 6.96. The average molecular weight is 354 g/mol. The van der Waals surface area contributed by atoms with Gasteiger partial charge >= 0.3 is 0 Å². The van der Waals surface area contributed by atoms with E-state index in [-0.39, 0.29) is 18.2 Å². The van der Waals surface area contributed by atoms with Crippen molar-refractivity contribution in [1.82, 2.24) is 15.1 Å². The van der Waals surface area contributed by atoms with Crippen LogP contribution in [0.5, 0.6) is 0 Å². The van der Waals surface area contributed by atoms with Crippen LogP contribution in [0.3, 0.4) is 0 Å². The number of hydrogen-bond donors (Lipinski definition) is 2. The Labute approximate surface area is 140 Å². The molecule has 0 saturated carbocycles. The lowest BCUT2D eigenvalue weighted by atomic mass is 10.2. The summed E-state index contributed by atoms with van der Waals surface area (Å²) in [6, 6.07) is 7.81. The predicted molar refractivity (Wildman–Crippen MR) is 89.9 cm³/mol. The second-order valence-electron chi connectivity index (χ2n) is 4.36. The van der Waals surface area contributed by atoms with Crippen molar-refractivity contribution in [3.8, 4) is 5.69 Å². The van der Waals surface area contributed by atoms with E-state index in [2.05, 4.69) is 10.4 Å². The molecule has 0 aliphatic rings. The zero-order chi connectivity index (χ0) is 16.1. The molecule has 0 radical (unpaired) electrons. The van der Waals surface area contributed by atoms with E-state index in [1.807, 2.05) is 31.2 Å². The first kappa shape index (κ1) is 16.7. The van der Waals surface area contributed by atoms with Gasteiger partial charge in [0.05, 0.1) is 18.0 Å². The molecule has 0 fully saturated rings. The van der Waals surface area contributed by atoms with Crippen LogP contribution in [-0.4, -0.2) is 33.9 Å². The van der Waals surface area contributed by atoms with Gasteiger partial charge < -0.3 is 11.1 Å². The highest BCUT2D eigenvalue weighted by Gasteiger charge is 2.10. The molecule has 0 bridgehead atoms. The van der Waals surface area contributed by atoms with Crippen molar-refractivity contribution >= 4 is 47.1 Å². The van der Waals surface area contributed by atoms with Crippen molar-refractivity contribution < 1.29 is 9.59 Å². The molecule has 116 valence electrons. The van der Waals surface area contributed by atoms with E-state index < -0.39 is 5.91 Å². The molecule has 0 spiro atoms. The van der Waals surface area contributed by atoms with Crippen molar-refractivity contribution in [1.29, 1.82) is 0 Å². The number of carbonyl (C=O) groups is 2. The molecule has 2 rings (SSSR count). The van der Waals surface area contributed by atoms with E-state index in [9.17, 15) is 9.59 Å². The molecular weight excluding hydrogens is 340 g/mol. The van der Waals surface area contributed by atoms with Crippen LogP contribution >= 0.6 is 35.3 Å². The molecule has 2 amide bonds. The molecule has 1 heterocycles. The summed E-state index contributed by atoms with van der Waals surface area (Å²) < 4.78 is 3.01. The van der Waals surface area contributed by atoms with Gasteiger partial charge in [0.25, 0.3) is 0 Å². The third-order valence-corrected chi connectivity index (χ3v) is 5.02. The molecule has 6 nitrogen and oxygen atoms in total. The van der Waals surface area contributed by atoms with Gasteiger partial charge in [0.15, 0.2) is 8.29 Å². The van der Waals surface area contributed by atoms with E-state index in [1.165, 1.54) is 23.1 Å². The molecule has 2 aromatic rings. The number of carbonyl (C=O) groups excluding carboxylic acids is 2. The molecule has 0 aliphatic carbocycles. The van der Waals surface area contributed by atoms with Gasteiger partial charge in [0, 0.05) is 0 Å². The van der Waals surface area contributed by atoms with Crippen LogP contribution in [0.15, 0.2) is 28.6 Å². The van der Waals surface area contributed by atoms with E-state index >= 15 is 0 Å². The fraction of sp³-hybridized carbons (Fsp3) is 0.231. The first-order valence-electron chi connectivity index (χ1n) is 6.31. The van der Waals surface area contributed by atoms with Gasteiger partial charge in [0.1, 0.15) is 0 Å². The maximum absolute atomic E-state index is 11.5. The number of nitrogens with zero attached hydrogens (tertiary/aromatic N) is 2. The van der Waals surface area contributed by atoms with Crippen LogP contribution in [0.1, 0.15) is 5.56 Å². The van der Waals surface area contributed by atoms with Gasteiger partial charge in [-0.3, -0.25) is 9.59 Å². The SMILES string of the molecule is Cc1ccccc1-n1nc(SCC(=O)NCC(N)=O)sc1=S. The number of benzene rings is 1. The van der Waals surface area contributed by atoms with Crippen molar-refractivity contribution in [3.05, 3.63) is 33.8 Å². The first-order valence-corrected chi connectivity index (χ1v) is 8.52. The van der Waals surface area contributed by atoms with Crippen LogP contribution in [0, 0.1) is 10.9 Å². The maximum atomic E-state index is 11.5. The van der Waals surface area contributed by atoms with Crippen LogP contribution in [-0.2, 0) is 9.59 Å². The number of nitrogens with two attached hydrogens (primary N) is 1. The van der Waals surface area contributed by atoms with E-state index in [4.69, 9.17) is 18.0 Å². The topological polar surface area (TPSA) is 90.0 Å². The van der Waals surface area contributed by atoms with Crippen molar-refractivity contribution in [2.75, 3.05) is 12.3 Å². The van der Waals surface area contributed by atoms with Crippen LogP contribution in [0.4, 0.5) is 0 Å². The number of aromatic nitrogens is 2. The van der Waals surface area contributed by atoms with E-state index in [0.717, 1.165) is 11.3 Å². The van der Waals surface area contributed by atoms with Crippen molar-refractivity contribution in [2.45, 2.75) is 11.3 Å². The molecule has 1 aromatic carbocycles. The molecule has 3 N–H and O–H groups in total. The van der Waals surface area contributed by atoms with E-state index in [0.29, 0.717) is 8.29 Å². The Kier molecular flexibility index (Phi) is 5.69. The lowest BCUT2D eigenvalue weighted by Crippen LogP contribution is -2.34. The van der Waals surface area contributed by atoms with Gasteiger partial charge in [-0.1, -0.05) is 41.3 Å². The number of rotatable bonds is 6. The van der Waals surface area contributed by atoms with E-state index in [1.54, 1.807) is 4.68 Å². The van der Waals surface area contributed by atoms with Crippen molar-refractivity contribution in [3.63, 3.8) is 0 Å². The second-order valence-corrected chi connectivity index (χ2v) is 7.21. The Bertz CT molecular complexity index is 754. The van der Waals surface area contributed by atoms with Gasteiger partial charge in [-0.05, 0) is 30.8 Å². The quantitative estimate of drug-likeness (QED) is 0.608. The number of amides is 2. The molecule has 22 heavy (non-hydrogen) atoms. The number of para-hydroxylation sites is 1. The summed E-state index contributed by atoms with van der Waals surface area (Å²) in [4.78, 5) is 22.1. The fourth-order valence-electron chi connectivity index (χ4n) is 1.64. The highest BCUT2D eigenvalue weighted by molar-refractivity contribution is 8.01. The standard InChI is InChI=1S/C13H14N4O2S3/c1-8-4-2-3-5-9(8)17-13(20)22-12(16-17)21-7-11(19)15-6-10(14)18/h2-5H,6-7H2,1H3,(H2,14,18)(H,15,19). The second kappa shape index (κ2) is 7.52. The minimum absolute atomic E-state index is 0.156. The third-order valence-electron chi connectivity index (χ3n) is 2.66. The molecule has 0 atom stereocenters. The van der Waals surface area contributed by atoms with Gasteiger partial charge in [0.2, 0.25) is 11.8 Å².